The number of amides is 2. The number of benzene rings is 2. The molecule has 33 heavy (non-hydrogen) atoms. The van der Waals surface area contributed by atoms with E-state index in [4.69, 9.17) is 16.3 Å². The molecule has 0 heterocycles. The number of hydrogen-bond acceptors (Lipinski definition) is 5. The number of carbonyl (C=O) groups excluding carboxylic acids is 2. The lowest BCUT2D eigenvalue weighted by molar-refractivity contribution is -0.139. The van der Waals surface area contributed by atoms with Gasteiger partial charge in [0.1, 0.15) is 18.3 Å². The summed E-state index contributed by atoms with van der Waals surface area (Å²) in [6, 6.07) is 12.4. The van der Waals surface area contributed by atoms with Gasteiger partial charge in [-0.15, -0.1) is 0 Å². The van der Waals surface area contributed by atoms with E-state index in [1.54, 1.807) is 49.4 Å². The van der Waals surface area contributed by atoms with E-state index in [1.807, 2.05) is 13.8 Å². The number of halogens is 1. The van der Waals surface area contributed by atoms with Crippen molar-refractivity contribution in [3.8, 4) is 5.75 Å². The first-order chi connectivity index (χ1) is 15.4. The normalized spacial score (nSPS) is 12.2. The van der Waals surface area contributed by atoms with Crippen LogP contribution in [0.3, 0.4) is 0 Å². The summed E-state index contributed by atoms with van der Waals surface area (Å²) < 4.78 is 31.3. The molecule has 0 saturated carbocycles. The van der Waals surface area contributed by atoms with Crippen molar-refractivity contribution < 1.29 is 22.7 Å². The van der Waals surface area contributed by atoms with Crippen LogP contribution in [0.1, 0.15) is 26.3 Å². The van der Waals surface area contributed by atoms with Gasteiger partial charge >= 0.3 is 0 Å². The van der Waals surface area contributed by atoms with Crippen LogP contribution in [0.2, 0.25) is 5.02 Å². The predicted octanol–water partition coefficient (Wildman–Crippen LogP) is 3.06. The second kappa shape index (κ2) is 11.4. The Morgan fingerprint density at radius 3 is 2.33 bits per heavy atom. The van der Waals surface area contributed by atoms with Gasteiger partial charge in [-0.25, -0.2) is 8.42 Å². The first-order valence-corrected chi connectivity index (χ1v) is 12.6. The van der Waals surface area contributed by atoms with E-state index in [0.29, 0.717) is 16.3 Å². The molecule has 10 heteroatoms. The first kappa shape index (κ1) is 26.5. The Balaban J connectivity index is 2.40. The van der Waals surface area contributed by atoms with E-state index in [0.717, 1.165) is 10.6 Å². The lowest BCUT2D eigenvalue weighted by Crippen LogP contribution is -2.52. The van der Waals surface area contributed by atoms with E-state index < -0.39 is 28.5 Å². The Morgan fingerprint density at radius 2 is 1.76 bits per heavy atom. The second-order valence-electron chi connectivity index (χ2n) is 7.96. The van der Waals surface area contributed by atoms with Gasteiger partial charge in [-0.2, -0.15) is 0 Å². The molecular weight excluding hydrogens is 466 g/mol. The van der Waals surface area contributed by atoms with Crippen LogP contribution in [0.4, 0.5) is 5.69 Å². The van der Waals surface area contributed by atoms with Gasteiger partial charge in [-0.1, -0.05) is 29.8 Å². The minimum absolute atomic E-state index is 0.0851. The van der Waals surface area contributed by atoms with Crippen molar-refractivity contribution in [2.45, 2.75) is 39.4 Å². The summed E-state index contributed by atoms with van der Waals surface area (Å²) in [6.45, 7) is 4.86. The van der Waals surface area contributed by atoms with Crippen molar-refractivity contribution in [1.29, 1.82) is 0 Å². The molecule has 0 aliphatic heterocycles. The van der Waals surface area contributed by atoms with Gasteiger partial charge in [-0.3, -0.25) is 13.9 Å². The maximum absolute atomic E-state index is 13.4. The lowest BCUT2D eigenvalue weighted by atomic mass is 10.1. The highest BCUT2D eigenvalue weighted by Crippen LogP contribution is 2.24. The van der Waals surface area contributed by atoms with E-state index >= 15 is 0 Å². The summed E-state index contributed by atoms with van der Waals surface area (Å²) in [7, 11) is -2.34. The number of sulfonamides is 1. The number of methoxy groups -OCH3 is 1. The molecule has 0 spiro atoms. The van der Waals surface area contributed by atoms with Crippen molar-refractivity contribution in [1.82, 2.24) is 10.2 Å². The van der Waals surface area contributed by atoms with Crippen LogP contribution >= 0.6 is 11.6 Å². The third-order valence-corrected chi connectivity index (χ3v) is 6.24. The van der Waals surface area contributed by atoms with Crippen LogP contribution in [-0.2, 0) is 26.2 Å². The number of nitrogens with zero attached hydrogens (tertiary/aromatic N) is 2. The van der Waals surface area contributed by atoms with Gasteiger partial charge in [0, 0.05) is 23.7 Å². The Hall–Kier alpha value is -2.78. The fourth-order valence-corrected chi connectivity index (χ4v) is 4.25. The molecule has 0 saturated heterocycles. The van der Waals surface area contributed by atoms with Crippen molar-refractivity contribution in [3.63, 3.8) is 0 Å². The summed E-state index contributed by atoms with van der Waals surface area (Å²) in [5.74, 6) is -0.420. The van der Waals surface area contributed by atoms with Gasteiger partial charge < -0.3 is 15.0 Å². The van der Waals surface area contributed by atoms with Gasteiger partial charge in [0.25, 0.3) is 0 Å². The Morgan fingerprint density at radius 1 is 1.09 bits per heavy atom. The topological polar surface area (TPSA) is 96.0 Å². The smallest absolute Gasteiger partial charge is 0.244 e. The van der Waals surface area contributed by atoms with Crippen LogP contribution in [0.5, 0.6) is 5.75 Å². The lowest BCUT2D eigenvalue weighted by Gasteiger charge is -2.32. The SMILES string of the molecule is COc1cccc(N(CC(=O)N(Cc2cccc(Cl)c2)[C@@H](C)C(=O)NC(C)C)S(C)(=O)=O)c1. The van der Waals surface area contributed by atoms with Gasteiger partial charge in [0.15, 0.2) is 0 Å². The van der Waals surface area contributed by atoms with Crippen molar-refractivity contribution >= 4 is 39.1 Å². The third kappa shape index (κ3) is 7.64. The highest BCUT2D eigenvalue weighted by Gasteiger charge is 2.30. The molecule has 0 fully saturated rings. The third-order valence-electron chi connectivity index (χ3n) is 4.86. The molecule has 0 unspecified atom stereocenters. The van der Waals surface area contributed by atoms with Crippen LogP contribution in [0.25, 0.3) is 0 Å². The molecule has 0 aromatic heterocycles. The average molecular weight is 496 g/mol. The summed E-state index contributed by atoms with van der Waals surface area (Å²) in [6.07, 6.45) is 1.02. The van der Waals surface area contributed by atoms with Crippen molar-refractivity contribution in [2.75, 3.05) is 24.2 Å². The molecule has 180 valence electrons. The number of nitrogens with one attached hydrogen (secondary N) is 1. The molecule has 1 atom stereocenters. The number of rotatable bonds is 10. The highest BCUT2D eigenvalue weighted by atomic mass is 35.5. The van der Waals surface area contributed by atoms with Crippen molar-refractivity contribution in [2.24, 2.45) is 0 Å². The molecule has 0 radical (unpaired) electrons. The number of hydrogen-bond donors (Lipinski definition) is 1. The van der Waals surface area contributed by atoms with Gasteiger partial charge in [0.2, 0.25) is 21.8 Å². The monoisotopic (exact) mass is 495 g/mol. The van der Waals surface area contributed by atoms with E-state index in [-0.39, 0.29) is 24.2 Å². The molecule has 0 aliphatic carbocycles. The molecule has 2 aromatic carbocycles. The molecule has 8 nitrogen and oxygen atoms in total. The van der Waals surface area contributed by atoms with Gasteiger partial charge in [-0.05, 0) is 50.6 Å². The summed E-state index contributed by atoms with van der Waals surface area (Å²) in [5, 5.41) is 3.29. The summed E-state index contributed by atoms with van der Waals surface area (Å²) in [4.78, 5) is 27.5. The first-order valence-electron chi connectivity index (χ1n) is 10.4. The van der Waals surface area contributed by atoms with E-state index in [1.165, 1.54) is 18.1 Å². The predicted molar refractivity (Wildman–Crippen MR) is 130 cm³/mol. The number of carbonyl (C=O) groups is 2. The fraction of sp³-hybridized carbons (Fsp3) is 0.391. The zero-order valence-corrected chi connectivity index (χ0v) is 21.0. The molecule has 1 N–H and O–H groups in total. The van der Waals surface area contributed by atoms with Crippen LogP contribution in [0.15, 0.2) is 48.5 Å². The minimum atomic E-state index is -3.81. The quantitative estimate of drug-likeness (QED) is 0.546. The van der Waals surface area contributed by atoms with E-state index in [2.05, 4.69) is 5.32 Å². The van der Waals surface area contributed by atoms with Crippen LogP contribution in [0, 0.1) is 0 Å². The fourth-order valence-electron chi connectivity index (χ4n) is 3.20. The average Bonchev–Trinajstić information content (AvgIpc) is 2.74. The molecule has 0 bridgehead atoms. The van der Waals surface area contributed by atoms with Crippen LogP contribution in [-0.4, -0.2) is 57.1 Å². The highest BCUT2D eigenvalue weighted by molar-refractivity contribution is 7.92. The molecule has 2 amide bonds. The zero-order chi connectivity index (χ0) is 24.8. The minimum Gasteiger partial charge on any atom is -0.497 e. The van der Waals surface area contributed by atoms with Crippen LogP contribution < -0.4 is 14.4 Å². The molecule has 2 aromatic rings. The maximum atomic E-state index is 13.4. The van der Waals surface area contributed by atoms with Crippen molar-refractivity contribution in [3.05, 3.63) is 59.1 Å². The Bertz CT molecular complexity index is 1090. The Kier molecular flexibility index (Phi) is 9.13. The van der Waals surface area contributed by atoms with E-state index in [9.17, 15) is 18.0 Å². The zero-order valence-electron chi connectivity index (χ0n) is 19.4. The Labute approximate surface area is 200 Å². The summed E-state index contributed by atoms with van der Waals surface area (Å²) >= 11 is 6.09. The molecule has 0 aliphatic rings. The number of anilines is 1. The maximum Gasteiger partial charge on any atom is 0.244 e. The largest absolute Gasteiger partial charge is 0.497 e. The molecular formula is C23H30ClN3O5S. The summed E-state index contributed by atoms with van der Waals surface area (Å²) in [5.41, 5.74) is 1.000. The van der Waals surface area contributed by atoms with Gasteiger partial charge in [0.05, 0.1) is 19.1 Å². The standard InChI is InChI=1S/C23H30ClN3O5S/c1-16(2)25-23(29)17(3)26(14-18-8-6-9-19(24)12-18)22(28)15-27(33(5,30)31)20-10-7-11-21(13-20)32-4/h6-13,16-17H,14-15H2,1-5H3,(H,25,29)/t17-/m0/s1. The number of ether oxygens (including phenoxy) is 1. The molecule has 2 rings (SSSR count). The second-order valence-corrected chi connectivity index (χ2v) is 10.3.